The second-order valence-corrected chi connectivity index (χ2v) is 8.01. The molecule has 4 rings (SSSR count). The Morgan fingerprint density at radius 3 is 2.85 bits per heavy atom. The second-order valence-electron chi connectivity index (χ2n) is 8.01. The standard InChI is InChI=1S/C22H29N3O2/c1-5-15(12-26)23-22(27)14-9-18-16-7-6-8-19-21(16)17(13(2)25(19)4)10-20(18)24(3)11-14/h6-9,14-15,20,26H,5,10-12H2,1-4H3,(H,23,27)/t14-,15?,20-/m1/s1. The van der Waals surface area contributed by atoms with Crippen molar-refractivity contribution in [2.24, 2.45) is 13.0 Å². The molecule has 0 radical (unpaired) electrons. The van der Waals surface area contributed by atoms with Crippen molar-refractivity contribution in [3.63, 3.8) is 0 Å². The van der Waals surface area contributed by atoms with E-state index in [0.29, 0.717) is 12.6 Å². The van der Waals surface area contributed by atoms with E-state index in [1.165, 1.54) is 33.3 Å². The molecule has 5 heteroatoms. The van der Waals surface area contributed by atoms with Gasteiger partial charge < -0.3 is 15.0 Å². The number of amides is 1. The second kappa shape index (κ2) is 6.80. The predicted molar refractivity (Wildman–Crippen MR) is 109 cm³/mol. The maximum atomic E-state index is 12.8. The van der Waals surface area contributed by atoms with Gasteiger partial charge in [-0.1, -0.05) is 25.1 Å². The van der Waals surface area contributed by atoms with Crippen LogP contribution in [-0.2, 0) is 18.3 Å². The molecule has 0 saturated carbocycles. The van der Waals surface area contributed by atoms with Crippen LogP contribution in [0, 0.1) is 12.8 Å². The third kappa shape index (κ3) is 2.80. The molecule has 2 aromatic rings. The number of likely N-dealkylation sites (N-methyl/N-ethyl adjacent to an activating group) is 1. The van der Waals surface area contributed by atoms with E-state index >= 15 is 0 Å². The third-order valence-corrected chi connectivity index (χ3v) is 6.51. The van der Waals surface area contributed by atoms with Gasteiger partial charge in [0.05, 0.1) is 18.6 Å². The molecule has 2 N–H and O–H groups in total. The van der Waals surface area contributed by atoms with Crippen molar-refractivity contribution in [1.29, 1.82) is 0 Å². The quantitative estimate of drug-likeness (QED) is 0.871. The number of hydrogen-bond donors (Lipinski definition) is 2. The summed E-state index contributed by atoms with van der Waals surface area (Å²) in [5.41, 5.74) is 6.57. The third-order valence-electron chi connectivity index (χ3n) is 6.51. The van der Waals surface area contributed by atoms with Crippen molar-refractivity contribution in [3.8, 4) is 0 Å². The van der Waals surface area contributed by atoms with Gasteiger partial charge in [-0.15, -0.1) is 0 Å². The van der Waals surface area contributed by atoms with Crippen molar-refractivity contribution >= 4 is 22.4 Å². The van der Waals surface area contributed by atoms with E-state index in [9.17, 15) is 9.90 Å². The van der Waals surface area contributed by atoms with Gasteiger partial charge in [-0.05, 0) is 49.6 Å². The summed E-state index contributed by atoms with van der Waals surface area (Å²) in [5, 5.41) is 13.7. The highest BCUT2D eigenvalue weighted by Gasteiger charge is 2.36. The SMILES string of the molecule is CCC(CO)NC(=O)[C@@H]1C=C2c3cccc4c3c(c(C)n4C)C[C@H]2N(C)C1. The number of benzene rings is 1. The number of nitrogens with one attached hydrogen (secondary N) is 1. The van der Waals surface area contributed by atoms with Gasteiger partial charge in [0.25, 0.3) is 0 Å². The Hall–Kier alpha value is -2.11. The van der Waals surface area contributed by atoms with E-state index < -0.39 is 0 Å². The number of hydrogen-bond acceptors (Lipinski definition) is 3. The first-order valence-corrected chi connectivity index (χ1v) is 9.86. The minimum absolute atomic E-state index is 0.0101. The average molecular weight is 367 g/mol. The topological polar surface area (TPSA) is 57.5 Å². The molecule has 5 nitrogen and oxygen atoms in total. The van der Waals surface area contributed by atoms with E-state index in [0.717, 1.165) is 12.8 Å². The van der Waals surface area contributed by atoms with E-state index in [1.807, 2.05) is 6.92 Å². The fourth-order valence-electron chi connectivity index (χ4n) is 4.72. The number of carbonyl (C=O) groups excluding carboxylic acids is 1. The molecule has 2 aliphatic rings. The number of aliphatic hydroxyl groups is 1. The van der Waals surface area contributed by atoms with Crippen LogP contribution in [-0.4, -0.2) is 52.8 Å². The van der Waals surface area contributed by atoms with Crippen molar-refractivity contribution in [2.75, 3.05) is 20.2 Å². The maximum absolute atomic E-state index is 12.8. The summed E-state index contributed by atoms with van der Waals surface area (Å²) in [5.74, 6) is -0.181. The highest BCUT2D eigenvalue weighted by Crippen LogP contribution is 2.42. The summed E-state index contributed by atoms with van der Waals surface area (Å²) in [6, 6.07) is 6.64. The molecule has 1 aromatic carbocycles. The smallest absolute Gasteiger partial charge is 0.228 e. The summed E-state index contributed by atoms with van der Waals surface area (Å²) in [6.45, 7) is 4.87. The number of aromatic nitrogens is 1. The molecule has 144 valence electrons. The Morgan fingerprint density at radius 1 is 1.37 bits per heavy atom. The monoisotopic (exact) mass is 367 g/mol. The Labute approximate surface area is 160 Å². The number of carbonyl (C=O) groups is 1. The molecule has 0 spiro atoms. The Morgan fingerprint density at radius 2 is 2.15 bits per heavy atom. The Bertz CT molecular complexity index is 923. The normalized spacial score (nSPS) is 23.1. The lowest BCUT2D eigenvalue weighted by Gasteiger charge is -2.39. The molecule has 1 aliphatic carbocycles. The maximum Gasteiger partial charge on any atom is 0.228 e. The van der Waals surface area contributed by atoms with Crippen molar-refractivity contribution in [3.05, 3.63) is 41.1 Å². The zero-order valence-corrected chi connectivity index (χ0v) is 16.6. The van der Waals surface area contributed by atoms with E-state index in [1.54, 1.807) is 0 Å². The number of aliphatic hydroxyl groups excluding tert-OH is 1. The van der Waals surface area contributed by atoms with Gasteiger partial charge in [-0.25, -0.2) is 0 Å². The van der Waals surface area contributed by atoms with Gasteiger partial charge >= 0.3 is 0 Å². The molecule has 0 fully saturated rings. The fourth-order valence-corrected chi connectivity index (χ4v) is 4.72. The van der Waals surface area contributed by atoms with Crippen LogP contribution in [0.1, 0.15) is 30.2 Å². The van der Waals surface area contributed by atoms with Gasteiger partial charge in [-0.2, -0.15) is 0 Å². The summed E-state index contributed by atoms with van der Waals surface area (Å²) in [7, 11) is 4.25. The highest BCUT2D eigenvalue weighted by molar-refractivity contribution is 6.00. The molecule has 1 aliphatic heterocycles. The van der Waals surface area contributed by atoms with Crippen molar-refractivity contribution in [2.45, 2.75) is 38.8 Å². The van der Waals surface area contributed by atoms with E-state index in [2.05, 4.69) is 60.1 Å². The average Bonchev–Trinajstić information content (AvgIpc) is 2.92. The van der Waals surface area contributed by atoms with Gasteiger partial charge in [0.2, 0.25) is 5.91 Å². The number of nitrogens with zero attached hydrogens (tertiary/aromatic N) is 2. The lowest BCUT2D eigenvalue weighted by atomic mass is 9.79. The minimum Gasteiger partial charge on any atom is -0.394 e. The Kier molecular flexibility index (Phi) is 4.60. The summed E-state index contributed by atoms with van der Waals surface area (Å²) in [6.07, 6.45) is 3.89. The fraction of sp³-hybridized carbons (Fsp3) is 0.500. The number of fused-ring (bicyclic) bond motifs is 2. The Balaban J connectivity index is 1.77. The molecule has 0 bridgehead atoms. The lowest BCUT2D eigenvalue weighted by molar-refractivity contribution is -0.125. The van der Waals surface area contributed by atoms with Crippen LogP contribution in [0.25, 0.3) is 16.5 Å². The molecule has 27 heavy (non-hydrogen) atoms. The van der Waals surface area contributed by atoms with Crippen LogP contribution in [0.4, 0.5) is 0 Å². The molecule has 1 amide bonds. The van der Waals surface area contributed by atoms with Crippen LogP contribution in [0.3, 0.4) is 0 Å². The van der Waals surface area contributed by atoms with Gasteiger partial charge in [0.15, 0.2) is 0 Å². The van der Waals surface area contributed by atoms with Crippen LogP contribution in [0.2, 0.25) is 0 Å². The van der Waals surface area contributed by atoms with Crippen molar-refractivity contribution in [1.82, 2.24) is 14.8 Å². The van der Waals surface area contributed by atoms with Crippen LogP contribution < -0.4 is 5.32 Å². The zero-order chi connectivity index (χ0) is 19.3. The first kappa shape index (κ1) is 18.3. The van der Waals surface area contributed by atoms with E-state index in [-0.39, 0.29) is 24.5 Å². The van der Waals surface area contributed by atoms with E-state index in [4.69, 9.17) is 0 Å². The first-order chi connectivity index (χ1) is 13.0. The molecular weight excluding hydrogens is 338 g/mol. The number of aryl methyl sites for hydroxylation is 1. The van der Waals surface area contributed by atoms with Crippen LogP contribution in [0.5, 0.6) is 0 Å². The van der Waals surface area contributed by atoms with Crippen molar-refractivity contribution < 1.29 is 9.90 Å². The molecule has 2 heterocycles. The summed E-state index contributed by atoms with van der Waals surface area (Å²) in [4.78, 5) is 15.1. The molecule has 0 saturated heterocycles. The van der Waals surface area contributed by atoms with Gasteiger partial charge in [0, 0.05) is 36.2 Å². The highest BCUT2D eigenvalue weighted by atomic mass is 16.3. The van der Waals surface area contributed by atoms with Crippen LogP contribution >= 0.6 is 0 Å². The first-order valence-electron chi connectivity index (χ1n) is 9.86. The minimum atomic E-state index is -0.191. The molecular formula is C22H29N3O2. The number of rotatable bonds is 4. The largest absolute Gasteiger partial charge is 0.394 e. The lowest BCUT2D eigenvalue weighted by Crippen LogP contribution is -2.48. The summed E-state index contributed by atoms with van der Waals surface area (Å²) >= 11 is 0. The molecule has 1 aromatic heterocycles. The molecule has 3 atom stereocenters. The predicted octanol–water partition coefficient (Wildman–Crippen LogP) is 2.24. The van der Waals surface area contributed by atoms with Gasteiger partial charge in [0.1, 0.15) is 0 Å². The van der Waals surface area contributed by atoms with Crippen LogP contribution in [0.15, 0.2) is 24.3 Å². The summed E-state index contributed by atoms with van der Waals surface area (Å²) < 4.78 is 2.28. The molecule has 1 unspecified atom stereocenters. The van der Waals surface area contributed by atoms with Gasteiger partial charge in [-0.3, -0.25) is 9.69 Å². The zero-order valence-electron chi connectivity index (χ0n) is 16.6.